The topological polar surface area (TPSA) is 47.9 Å². The third kappa shape index (κ3) is 4.05. The molecule has 24 heavy (non-hydrogen) atoms. The fourth-order valence-corrected chi connectivity index (χ4v) is 9.87. The summed E-state index contributed by atoms with van der Waals surface area (Å²) in [6, 6.07) is 0. The second-order valence-corrected chi connectivity index (χ2v) is 13.3. The lowest BCUT2D eigenvalue weighted by Gasteiger charge is -2.43. The Balaban J connectivity index is 2.01. The van der Waals surface area contributed by atoms with E-state index in [-0.39, 0.29) is 6.10 Å². The van der Waals surface area contributed by atoms with E-state index in [1.807, 2.05) is 6.08 Å². The van der Waals surface area contributed by atoms with Crippen molar-refractivity contribution in [2.75, 3.05) is 19.8 Å². The summed E-state index contributed by atoms with van der Waals surface area (Å²) >= 11 is 0. The molecule has 0 aromatic carbocycles. The highest BCUT2D eigenvalue weighted by molar-refractivity contribution is 6.77. The molecule has 1 N–H and O–H groups in total. The first-order chi connectivity index (χ1) is 11.3. The summed E-state index contributed by atoms with van der Waals surface area (Å²) in [5.74, 6) is 0. The number of ether oxygens (including phenoxy) is 1. The molecule has 136 valence electrons. The molecular formula is C18H33BO4Si. The molecule has 0 bridgehead atoms. The zero-order valence-corrected chi connectivity index (χ0v) is 17.0. The van der Waals surface area contributed by atoms with Gasteiger partial charge in [-0.3, -0.25) is 0 Å². The fourth-order valence-electron chi connectivity index (χ4n) is 4.39. The minimum atomic E-state index is -1.89. The van der Waals surface area contributed by atoms with Gasteiger partial charge in [-0.15, -0.1) is 0 Å². The van der Waals surface area contributed by atoms with Crippen molar-refractivity contribution in [1.29, 1.82) is 0 Å². The van der Waals surface area contributed by atoms with Crippen molar-refractivity contribution in [2.45, 2.75) is 70.7 Å². The van der Waals surface area contributed by atoms with Crippen LogP contribution in [0.3, 0.4) is 0 Å². The minimum absolute atomic E-state index is 0.0743. The second kappa shape index (κ2) is 8.32. The van der Waals surface area contributed by atoms with Gasteiger partial charge in [0.15, 0.2) is 8.32 Å². The molecule has 0 aromatic rings. The summed E-state index contributed by atoms with van der Waals surface area (Å²) in [4.78, 5) is 0. The van der Waals surface area contributed by atoms with E-state index in [0.29, 0.717) is 36.4 Å². The van der Waals surface area contributed by atoms with Crippen LogP contribution in [0.5, 0.6) is 0 Å². The van der Waals surface area contributed by atoms with Crippen molar-refractivity contribution >= 4 is 15.4 Å². The van der Waals surface area contributed by atoms with Gasteiger partial charge in [0, 0.05) is 0 Å². The Morgan fingerprint density at radius 2 is 1.79 bits per heavy atom. The van der Waals surface area contributed by atoms with Crippen molar-refractivity contribution in [3.05, 3.63) is 23.2 Å². The molecule has 0 saturated heterocycles. The van der Waals surface area contributed by atoms with Crippen molar-refractivity contribution in [3.63, 3.8) is 0 Å². The van der Waals surface area contributed by atoms with Crippen LogP contribution in [-0.4, -0.2) is 46.4 Å². The molecule has 2 aliphatic heterocycles. The van der Waals surface area contributed by atoms with Crippen molar-refractivity contribution in [3.8, 4) is 0 Å². The van der Waals surface area contributed by atoms with Gasteiger partial charge in [-0.1, -0.05) is 53.7 Å². The van der Waals surface area contributed by atoms with Crippen LogP contribution in [0.15, 0.2) is 23.2 Å². The third-order valence-corrected chi connectivity index (χ3v) is 11.6. The molecule has 0 fully saturated rings. The Kier molecular flexibility index (Phi) is 6.91. The SMILES string of the molecule is CC(C)[Si](OCC1CC=C(C2=CCOC2)B(O)O1)(C(C)C)C(C)C. The first kappa shape index (κ1) is 19.9. The predicted octanol–water partition coefficient (Wildman–Crippen LogP) is 3.87. The summed E-state index contributed by atoms with van der Waals surface area (Å²) in [5.41, 5.74) is 3.58. The Morgan fingerprint density at radius 3 is 2.25 bits per heavy atom. The fraction of sp³-hybridized carbons (Fsp3) is 0.778. The van der Waals surface area contributed by atoms with Gasteiger partial charge in [-0.05, 0) is 34.1 Å². The zero-order chi connectivity index (χ0) is 17.9. The normalized spacial score (nSPS) is 22.6. The van der Waals surface area contributed by atoms with E-state index in [2.05, 4.69) is 47.6 Å². The molecule has 2 rings (SSSR count). The van der Waals surface area contributed by atoms with Crippen LogP contribution in [0.4, 0.5) is 0 Å². The lowest BCUT2D eigenvalue weighted by molar-refractivity contribution is 0.0975. The smallest absolute Gasteiger partial charge is 0.423 e. The molecule has 6 heteroatoms. The maximum atomic E-state index is 10.3. The highest BCUT2D eigenvalue weighted by Crippen LogP contribution is 2.42. The summed E-state index contributed by atoms with van der Waals surface area (Å²) in [7, 11) is -2.76. The Bertz CT molecular complexity index is 466. The monoisotopic (exact) mass is 352 g/mol. The molecule has 0 spiro atoms. The number of rotatable bonds is 7. The summed E-state index contributed by atoms with van der Waals surface area (Å²) < 4.78 is 17.8. The Labute approximate surface area is 148 Å². The predicted molar refractivity (Wildman–Crippen MR) is 101 cm³/mol. The van der Waals surface area contributed by atoms with Gasteiger partial charge in [-0.25, -0.2) is 0 Å². The molecule has 1 atom stereocenters. The first-order valence-corrected chi connectivity index (χ1v) is 11.4. The molecule has 2 heterocycles. The van der Waals surface area contributed by atoms with E-state index in [1.165, 1.54) is 0 Å². The van der Waals surface area contributed by atoms with Gasteiger partial charge in [0.05, 0.1) is 25.9 Å². The van der Waals surface area contributed by atoms with Crippen LogP contribution < -0.4 is 0 Å². The number of hydrogen-bond acceptors (Lipinski definition) is 4. The Hall–Kier alpha value is -0.398. The molecule has 0 amide bonds. The lowest BCUT2D eigenvalue weighted by Crippen LogP contribution is -2.50. The van der Waals surface area contributed by atoms with Gasteiger partial charge >= 0.3 is 7.12 Å². The highest BCUT2D eigenvalue weighted by atomic mass is 28.4. The van der Waals surface area contributed by atoms with Crippen LogP contribution in [0, 0.1) is 0 Å². The van der Waals surface area contributed by atoms with Crippen molar-refractivity contribution in [2.24, 2.45) is 0 Å². The van der Waals surface area contributed by atoms with E-state index >= 15 is 0 Å². The quantitative estimate of drug-likeness (QED) is 0.707. The standard InChI is InChI=1S/C18H33BO4Si/c1-13(2)24(14(3)4,15(5)6)22-12-17-7-8-18(19(20)23-17)16-9-10-21-11-16/h8-9,13-15,17,20H,7,10-12H2,1-6H3. The summed E-state index contributed by atoms with van der Waals surface area (Å²) in [6.45, 7) is 15.5. The van der Waals surface area contributed by atoms with Crippen LogP contribution >= 0.6 is 0 Å². The van der Waals surface area contributed by atoms with E-state index in [0.717, 1.165) is 17.5 Å². The molecular weight excluding hydrogens is 319 g/mol. The van der Waals surface area contributed by atoms with Gasteiger partial charge in [0.2, 0.25) is 0 Å². The van der Waals surface area contributed by atoms with Gasteiger partial charge in [0.1, 0.15) is 0 Å². The highest BCUT2D eigenvalue weighted by Gasteiger charge is 2.45. The molecule has 1 unspecified atom stereocenters. The summed E-state index contributed by atoms with van der Waals surface area (Å²) in [5, 5.41) is 10.3. The van der Waals surface area contributed by atoms with Crippen LogP contribution in [-0.2, 0) is 13.8 Å². The summed E-state index contributed by atoms with van der Waals surface area (Å²) in [6.07, 6.45) is 4.81. The van der Waals surface area contributed by atoms with Gasteiger partial charge in [0.25, 0.3) is 0 Å². The molecule has 0 radical (unpaired) electrons. The van der Waals surface area contributed by atoms with Gasteiger partial charge < -0.3 is 18.8 Å². The molecule has 0 aliphatic carbocycles. The molecule has 2 aliphatic rings. The van der Waals surface area contributed by atoms with E-state index in [1.54, 1.807) is 0 Å². The van der Waals surface area contributed by atoms with E-state index in [9.17, 15) is 5.02 Å². The number of hydrogen-bond donors (Lipinski definition) is 1. The molecule has 0 aromatic heterocycles. The third-order valence-electron chi connectivity index (χ3n) is 5.49. The first-order valence-electron chi connectivity index (χ1n) is 9.23. The largest absolute Gasteiger partial charge is 0.491 e. The average Bonchev–Trinajstić information content (AvgIpc) is 3.00. The van der Waals surface area contributed by atoms with Crippen LogP contribution in [0.25, 0.3) is 0 Å². The Morgan fingerprint density at radius 1 is 1.17 bits per heavy atom. The molecule has 4 nitrogen and oxygen atoms in total. The van der Waals surface area contributed by atoms with E-state index < -0.39 is 15.4 Å². The molecule has 0 saturated carbocycles. The zero-order valence-electron chi connectivity index (χ0n) is 16.0. The maximum absolute atomic E-state index is 10.3. The van der Waals surface area contributed by atoms with E-state index in [4.69, 9.17) is 13.8 Å². The van der Waals surface area contributed by atoms with Crippen LogP contribution in [0.2, 0.25) is 16.6 Å². The van der Waals surface area contributed by atoms with Crippen LogP contribution in [0.1, 0.15) is 48.0 Å². The maximum Gasteiger partial charge on any atom is 0.491 e. The van der Waals surface area contributed by atoms with Crippen molar-refractivity contribution < 1.29 is 18.8 Å². The van der Waals surface area contributed by atoms with Gasteiger partial charge in [-0.2, -0.15) is 0 Å². The second-order valence-electron chi connectivity index (χ2n) is 7.88. The van der Waals surface area contributed by atoms with Crippen molar-refractivity contribution in [1.82, 2.24) is 0 Å². The lowest BCUT2D eigenvalue weighted by atomic mass is 9.71. The average molecular weight is 352 g/mol. The minimum Gasteiger partial charge on any atom is -0.423 e.